The Balaban J connectivity index is 1.84. The monoisotopic (exact) mass is 333 g/mol. The van der Waals surface area contributed by atoms with Crippen LogP contribution in [0.1, 0.15) is 5.56 Å². The third-order valence-corrected chi connectivity index (χ3v) is 4.25. The molecule has 5 heteroatoms. The van der Waals surface area contributed by atoms with E-state index in [1.54, 1.807) is 25.7 Å². The first-order chi connectivity index (χ1) is 12.2. The van der Waals surface area contributed by atoms with Gasteiger partial charge in [0.05, 0.1) is 24.5 Å². The molecule has 4 nitrogen and oxygen atoms in total. The number of halogens is 1. The maximum Gasteiger partial charge on any atom is 0.123 e. The average Bonchev–Trinajstić information content (AvgIpc) is 3.05. The van der Waals surface area contributed by atoms with Crippen LogP contribution in [0.5, 0.6) is 5.75 Å². The lowest BCUT2D eigenvalue weighted by molar-refractivity contribution is 0.415. The second-order valence-corrected chi connectivity index (χ2v) is 5.83. The maximum absolute atomic E-state index is 13.4. The lowest BCUT2D eigenvalue weighted by Gasteiger charge is -2.08. The second kappa shape index (κ2) is 6.02. The molecule has 0 aliphatic rings. The molecule has 0 bridgehead atoms. The Morgan fingerprint density at radius 2 is 1.80 bits per heavy atom. The zero-order valence-corrected chi connectivity index (χ0v) is 13.9. The molecule has 0 aliphatic heterocycles. The van der Waals surface area contributed by atoms with Crippen LogP contribution in [0.4, 0.5) is 4.39 Å². The highest BCUT2D eigenvalue weighted by molar-refractivity contribution is 5.81. The fourth-order valence-electron chi connectivity index (χ4n) is 2.92. The van der Waals surface area contributed by atoms with Crippen LogP contribution in [-0.4, -0.2) is 21.6 Å². The van der Waals surface area contributed by atoms with Crippen LogP contribution in [-0.2, 0) is 0 Å². The third kappa shape index (κ3) is 2.74. The first-order valence-corrected chi connectivity index (χ1v) is 7.90. The molecule has 4 aromatic rings. The summed E-state index contributed by atoms with van der Waals surface area (Å²) < 4.78 is 20.6. The number of hydrogen-bond acceptors (Lipinski definition) is 3. The van der Waals surface area contributed by atoms with Crippen LogP contribution >= 0.6 is 0 Å². The fraction of sp³-hybridized carbons (Fsp3) is 0.100. The number of pyridine rings is 1. The molecule has 0 saturated carbocycles. The van der Waals surface area contributed by atoms with Crippen LogP contribution in [0.25, 0.3) is 28.0 Å². The summed E-state index contributed by atoms with van der Waals surface area (Å²) in [6.07, 6.45) is 3.52. The number of nitrogens with zero attached hydrogens (tertiary/aromatic N) is 3. The number of benzene rings is 2. The predicted molar refractivity (Wildman–Crippen MR) is 95.5 cm³/mol. The van der Waals surface area contributed by atoms with E-state index in [1.165, 1.54) is 12.1 Å². The molecule has 0 unspecified atom stereocenters. The van der Waals surface area contributed by atoms with E-state index in [0.717, 1.165) is 39.3 Å². The topological polar surface area (TPSA) is 39.9 Å². The van der Waals surface area contributed by atoms with Gasteiger partial charge in [0.1, 0.15) is 23.4 Å². The zero-order valence-electron chi connectivity index (χ0n) is 13.9. The van der Waals surface area contributed by atoms with Gasteiger partial charge in [-0.3, -0.25) is 9.55 Å². The minimum Gasteiger partial charge on any atom is -0.497 e. The average molecular weight is 333 g/mol. The van der Waals surface area contributed by atoms with E-state index in [0.29, 0.717) is 0 Å². The van der Waals surface area contributed by atoms with Gasteiger partial charge >= 0.3 is 0 Å². The molecular formula is C20H16FN3O. The minimum atomic E-state index is -0.245. The molecule has 2 aromatic heterocycles. The smallest absolute Gasteiger partial charge is 0.123 e. The summed E-state index contributed by atoms with van der Waals surface area (Å²) in [6, 6.07) is 14.5. The van der Waals surface area contributed by atoms with Gasteiger partial charge in [-0.2, -0.15) is 0 Å². The Morgan fingerprint density at radius 1 is 1.00 bits per heavy atom. The van der Waals surface area contributed by atoms with Crippen molar-refractivity contribution in [3.05, 3.63) is 72.4 Å². The van der Waals surface area contributed by atoms with Gasteiger partial charge in [-0.25, -0.2) is 9.37 Å². The maximum atomic E-state index is 13.4. The van der Waals surface area contributed by atoms with Crippen molar-refractivity contribution in [3.8, 4) is 22.7 Å². The molecule has 0 atom stereocenters. The lowest BCUT2D eigenvalue weighted by Crippen LogP contribution is -1.94. The van der Waals surface area contributed by atoms with Crippen LogP contribution in [0.2, 0.25) is 0 Å². The molecule has 0 saturated heterocycles. The van der Waals surface area contributed by atoms with Gasteiger partial charge in [0, 0.05) is 11.3 Å². The van der Waals surface area contributed by atoms with E-state index < -0.39 is 0 Å². The van der Waals surface area contributed by atoms with E-state index in [1.807, 2.05) is 41.8 Å². The van der Waals surface area contributed by atoms with Crippen LogP contribution < -0.4 is 4.74 Å². The largest absolute Gasteiger partial charge is 0.497 e. The van der Waals surface area contributed by atoms with Crippen molar-refractivity contribution in [1.29, 1.82) is 0 Å². The van der Waals surface area contributed by atoms with Crippen molar-refractivity contribution in [3.63, 3.8) is 0 Å². The lowest BCUT2D eigenvalue weighted by atomic mass is 10.0. The van der Waals surface area contributed by atoms with Gasteiger partial charge < -0.3 is 4.74 Å². The molecule has 2 heterocycles. The van der Waals surface area contributed by atoms with Crippen LogP contribution in [0.3, 0.4) is 0 Å². The highest BCUT2D eigenvalue weighted by Crippen LogP contribution is 2.27. The van der Waals surface area contributed by atoms with Gasteiger partial charge in [0.25, 0.3) is 0 Å². The van der Waals surface area contributed by atoms with E-state index >= 15 is 0 Å². The Hall–Kier alpha value is -3.21. The Morgan fingerprint density at radius 3 is 2.52 bits per heavy atom. The molecule has 2 aromatic carbocycles. The third-order valence-electron chi connectivity index (χ3n) is 4.25. The summed E-state index contributed by atoms with van der Waals surface area (Å²) in [7, 11) is 1.64. The molecule has 25 heavy (non-hydrogen) atoms. The standard InChI is InChI=1S/C20H16FN3O/c1-13-9-14(21)3-8-17(13)18-10-20-19(11-22-18)23-12-24(20)15-4-6-16(25-2)7-5-15/h3-12H,1-2H3. The number of imidazole rings is 1. The van der Waals surface area contributed by atoms with Gasteiger partial charge in [-0.05, 0) is 61.0 Å². The summed E-state index contributed by atoms with van der Waals surface area (Å²) in [4.78, 5) is 8.90. The molecular weight excluding hydrogens is 317 g/mol. The number of ether oxygens (including phenoxy) is 1. The van der Waals surface area contributed by atoms with Crippen molar-refractivity contribution >= 4 is 11.0 Å². The number of methoxy groups -OCH3 is 1. The number of hydrogen-bond donors (Lipinski definition) is 0. The van der Waals surface area contributed by atoms with E-state index in [-0.39, 0.29) is 5.82 Å². The van der Waals surface area contributed by atoms with Crippen LogP contribution in [0.15, 0.2) is 61.1 Å². The van der Waals surface area contributed by atoms with Gasteiger partial charge in [-0.1, -0.05) is 0 Å². The molecule has 0 fully saturated rings. The predicted octanol–water partition coefficient (Wildman–Crippen LogP) is 4.54. The van der Waals surface area contributed by atoms with Crippen molar-refractivity contribution < 1.29 is 9.13 Å². The van der Waals surface area contributed by atoms with Crippen molar-refractivity contribution in [2.45, 2.75) is 6.92 Å². The Bertz CT molecular complexity index is 1050. The Labute approximate surface area is 144 Å². The van der Waals surface area contributed by atoms with E-state index in [2.05, 4.69) is 9.97 Å². The van der Waals surface area contributed by atoms with Crippen molar-refractivity contribution in [2.75, 3.05) is 7.11 Å². The molecule has 4 rings (SSSR count). The second-order valence-electron chi connectivity index (χ2n) is 5.83. The quantitative estimate of drug-likeness (QED) is 0.552. The first-order valence-electron chi connectivity index (χ1n) is 7.90. The van der Waals surface area contributed by atoms with Crippen molar-refractivity contribution in [1.82, 2.24) is 14.5 Å². The van der Waals surface area contributed by atoms with Gasteiger partial charge in [-0.15, -0.1) is 0 Å². The van der Waals surface area contributed by atoms with Crippen LogP contribution in [0, 0.1) is 12.7 Å². The summed E-state index contributed by atoms with van der Waals surface area (Å²) >= 11 is 0. The fourth-order valence-corrected chi connectivity index (χ4v) is 2.92. The molecule has 0 radical (unpaired) electrons. The highest BCUT2D eigenvalue weighted by atomic mass is 19.1. The van der Waals surface area contributed by atoms with E-state index in [9.17, 15) is 4.39 Å². The SMILES string of the molecule is COc1ccc(-n2cnc3cnc(-c4ccc(F)cc4C)cc32)cc1. The molecule has 124 valence electrons. The summed E-state index contributed by atoms with van der Waals surface area (Å²) in [5, 5.41) is 0. The zero-order chi connectivity index (χ0) is 17.4. The minimum absolute atomic E-state index is 0.245. The number of fused-ring (bicyclic) bond motifs is 1. The number of aromatic nitrogens is 3. The summed E-state index contributed by atoms with van der Waals surface area (Å²) in [5.74, 6) is 0.558. The normalized spacial score (nSPS) is 11.0. The summed E-state index contributed by atoms with van der Waals surface area (Å²) in [6.45, 7) is 1.88. The van der Waals surface area contributed by atoms with Gasteiger partial charge in [0.15, 0.2) is 0 Å². The number of rotatable bonds is 3. The highest BCUT2D eigenvalue weighted by Gasteiger charge is 2.10. The Kier molecular flexibility index (Phi) is 3.69. The van der Waals surface area contributed by atoms with Crippen molar-refractivity contribution in [2.24, 2.45) is 0 Å². The molecule has 0 aliphatic carbocycles. The van der Waals surface area contributed by atoms with Gasteiger partial charge in [0.2, 0.25) is 0 Å². The summed E-state index contributed by atoms with van der Waals surface area (Å²) in [5.41, 5.74) is 5.28. The molecule has 0 N–H and O–H groups in total. The first kappa shape index (κ1) is 15.3. The molecule has 0 amide bonds. The number of aryl methyl sites for hydroxylation is 1. The molecule has 0 spiro atoms. The van der Waals surface area contributed by atoms with E-state index in [4.69, 9.17) is 4.74 Å².